The molecule has 0 spiro atoms. The van der Waals surface area contributed by atoms with Crippen molar-refractivity contribution >= 4 is 17.2 Å². The minimum Gasteiger partial charge on any atom is -0.409 e. The van der Waals surface area contributed by atoms with E-state index >= 15 is 0 Å². The first-order valence-corrected chi connectivity index (χ1v) is 5.34. The second-order valence-electron chi connectivity index (χ2n) is 3.07. The average molecular weight is 221 g/mol. The van der Waals surface area contributed by atoms with Crippen LogP contribution >= 0.6 is 11.3 Å². The third-order valence-corrected chi connectivity index (χ3v) is 3.06. The van der Waals surface area contributed by atoms with Gasteiger partial charge in [0.2, 0.25) is 0 Å². The Morgan fingerprint density at radius 1 is 1.40 bits per heavy atom. The number of rotatable bonds is 3. The van der Waals surface area contributed by atoms with Crippen LogP contribution < -0.4 is 5.73 Å². The topological polar surface area (TPSA) is 63.5 Å². The van der Waals surface area contributed by atoms with E-state index in [1.807, 2.05) is 46.6 Å². The van der Waals surface area contributed by atoms with Gasteiger partial charge in [-0.2, -0.15) is 0 Å². The predicted molar refractivity (Wildman–Crippen MR) is 60.3 cm³/mol. The molecular weight excluding hydrogens is 210 g/mol. The Morgan fingerprint density at radius 2 is 2.13 bits per heavy atom. The summed E-state index contributed by atoms with van der Waals surface area (Å²) in [6, 6.07) is 7.51. The molecule has 0 aliphatic rings. The van der Waals surface area contributed by atoms with E-state index in [9.17, 15) is 0 Å². The second-order valence-corrected chi connectivity index (χ2v) is 4.05. The molecule has 0 saturated carbocycles. The molecule has 0 bridgehead atoms. The molecule has 2 aromatic rings. The van der Waals surface area contributed by atoms with Gasteiger partial charge < -0.3 is 15.5 Å². The van der Waals surface area contributed by atoms with Crippen LogP contribution in [0.3, 0.4) is 0 Å². The molecular formula is C10H11N3OS. The summed E-state index contributed by atoms with van der Waals surface area (Å²) in [6.07, 6.45) is 3.78. The lowest BCUT2D eigenvalue weighted by Crippen LogP contribution is -2.26. The minimum atomic E-state index is -0.218. The van der Waals surface area contributed by atoms with Crippen molar-refractivity contribution in [3.63, 3.8) is 0 Å². The van der Waals surface area contributed by atoms with Crippen LogP contribution in [0.25, 0.3) is 0 Å². The van der Waals surface area contributed by atoms with Crippen molar-refractivity contribution in [2.75, 3.05) is 0 Å². The lowest BCUT2D eigenvalue weighted by atomic mass is 10.2. The Kier molecular flexibility index (Phi) is 2.73. The minimum absolute atomic E-state index is 0.189. The molecule has 2 rings (SSSR count). The van der Waals surface area contributed by atoms with Gasteiger partial charge >= 0.3 is 0 Å². The third kappa shape index (κ3) is 1.87. The zero-order valence-corrected chi connectivity index (χ0v) is 8.76. The number of amidine groups is 1. The number of nitrogens with two attached hydrogens (primary N) is 1. The molecule has 2 aromatic heterocycles. The van der Waals surface area contributed by atoms with Crippen molar-refractivity contribution in [3.8, 4) is 0 Å². The van der Waals surface area contributed by atoms with Gasteiger partial charge in [0, 0.05) is 17.3 Å². The second kappa shape index (κ2) is 4.18. The van der Waals surface area contributed by atoms with Crippen LogP contribution in [0.2, 0.25) is 0 Å². The summed E-state index contributed by atoms with van der Waals surface area (Å²) in [5.41, 5.74) is 5.69. The summed E-state index contributed by atoms with van der Waals surface area (Å²) in [5.74, 6) is 0.189. The van der Waals surface area contributed by atoms with Crippen molar-refractivity contribution < 1.29 is 5.21 Å². The summed E-state index contributed by atoms with van der Waals surface area (Å²) in [7, 11) is 0. The summed E-state index contributed by atoms with van der Waals surface area (Å²) in [4.78, 5) is 1.04. The van der Waals surface area contributed by atoms with Gasteiger partial charge in [-0.1, -0.05) is 11.2 Å². The van der Waals surface area contributed by atoms with Crippen LogP contribution in [-0.4, -0.2) is 15.6 Å². The molecule has 2 heterocycles. The van der Waals surface area contributed by atoms with Crippen LogP contribution in [0.1, 0.15) is 10.9 Å². The van der Waals surface area contributed by atoms with Crippen molar-refractivity contribution in [3.05, 3.63) is 46.9 Å². The van der Waals surface area contributed by atoms with Gasteiger partial charge in [-0.25, -0.2) is 0 Å². The molecule has 78 valence electrons. The van der Waals surface area contributed by atoms with E-state index in [4.69, 9.17) is 10.9 Å². The fourth-order valence-electron chi connectivity index (χ4n) is 1.47. The molecule has 1 atom stereocenters. The highest BCUT2D eigenvalue weighted by atomic mass is 32.1. The van der Waals surface area contributed by atoms with Gasteiger partial charge in [0.05, 0.1) is 0 Å². The van der Waals surface area contributed by atoms with Gasteiger partial charge in [-0.15, -0.1) is 11.3 Å². The van der Waals surface area contributed by atoms with E-state index < -0.39 is 0 Å². The zero-order chi connectivity index (χ0) is 10.7. The molecule has 0 saturated heterocycles. The van der Waals surface area contributed by atoms with Crippen LogP contribution in [0.5, 0.6) is 0 Å². The number of aromatic nitrogens is 1. The van der Waals surface area contributed by atoms with Gasteiger partial charge in [0.15, 0.2) is 5.84 Å². The van der Waals surface area contributed by atoms with E-state index in [-0.39, 0.29) is 11.9 Å². The van der Waals surface area contributed by atoms with Crippen molar-refractivity contribution in [1.29, 1.82) is 0 Å². The van der Waals surface area contributed by atoms with E-state index in [0.717, 1.165) is 4.88 Å². The van der Waals surface area contributed by atoms with Crippen LogP contribution in [-0.2, 0) is 0 Å². The number of hydrogen-bond acceptors (Lipinski definition) is 3. The van der Waals surface area contributed by atoms with Crippen LogP contribution in [0.15, 0.2) is 47.2 Å². The maximum atomic E-state index is 8.76. The molecule has 0 amide bonds. The first-order valence-electron chi connectivity index (χ1n) is 4.46. The number of thiophene rings is 1. The SMILES string of the molecule is NC(=NO)[C@@H](c1cccs1)n1cccc1. The highest BCUT2D eigenvalue weighted by molar-refractivity contribution is 7.10. The zero-order valence-electron chi connectivity index (χ0n) is 7.95. The van der Waals surface area contributed by atoms with Gasteiger partial charge in [0.1, 0.15) is 6.04 Å². The van der Waals surface area contributed by atoms with Crippen LogP contribution in [0, 0.1) is 0 Å². The van der Waals surface area contributed by atoms with Crippen molar-refractivity contribution in [1.82, 2.24) is 4.57 Å². The quantitative estimate of drug-likeness (QED) is 0.360. The summed E-state index contributed by atoms with van der Waals surface area (Å²) in [5, 5.41) is 13.8. The summed E-state index contributed by atoms with van der Waals surface area (Å²) >= 11 is 1.58. The Balaban J connectivity index is 2.42. The number of hydrogen-bond donors (Lipinski definition) is 2. The van der Waals surface area contributed by atoms with E-state index in [1.165, 1.54) is 0 Å². The molecule has 0 unspecified atom stereocenters. The van der Waals surface area contributed by atoms with Gasteiger partial charge in [0.25, 0.3) is 0 Å². The molecule has 0 fully saturated rings. The monoisotopic (exact) mass is 221 g/mol. The Morgan fingerprint density at radius 3 is 2.67 bits per heavy atom. The molecule has 0 aliphatic heterocycles. The highest BCUT2D eigenvalue weighted by Gasteiger charge is 2.18. The summed E-state index contributed by atoms with van der Waals surface area (Å²) < 4.78 is 1.90. The molecule has 0 aromatic carbocycles. The third-order valence-electron chi connectivity index (χ3n) is 2.13. The Labute approximate surface area is 91.3 Å². The van der Waals surface area contributed by atoms with E-state index in [0.29, 0.717) is 0 Å². The Hall–Kier alpha value is -1.75. The first kappa shape index (κ1) is 9.79. The van der Waals surface area contributed by atoms with Crippen molar-refractivity contribution in [2.24, 2.45) is 10.9 Å². The van der Waals surface area contributed by atoms with Gasteiger partial charge in [-0.05, 0) is 23.6 Å². The molecule has 0 radical (unpaired) electrons. The molecule has 0 aliphatic carbocycles. The predicted octanol–water partition coefficient (Wildman–Crippen LogP) is 1.89. The molecule has 4 nitrogen and oxygen atoms in total. The molecule has 3 N–H and O–H groups in total. The number of nitrogens with zero attached hydrogens (tertiary/aromatic N) is 2. The highest BCUT2D eigenvalue weighted by Crippen LogP contribution is 2.23. The lowest BCUT2D eigenvalue weighted by molar-refractivity contribution is 0.315. The standard InChI is InChI=1S/C10H11N3OS/c11-10(12-14)9(8-4-3-7-15-8)13-5-1-2-6-13/h1-7,9,14H,(H2,11,12)/t9-/m1/s1. The van der Waals surface area contributed by atoms with E-state index in [2.05, 4.69) is 5.16 Å². The Bertz CT molecular complexity index is 399. The molecule has 15 heavy (non-hydrogen) atoms. The van der Waals surface area contributed by atoms with Crippen LogP contribution in [0.4, 0.5) is 0 Å². The maximum absolute atomic E-state index is 8.76. The normalized spacial score (nSPS) is 14.0. The lowest BCUT2D eigenvalue weighted by Gasteiger charge is -2.15. The molecule has 5 heteroatoms. The fourth-order valence-corrected chi connectivity index (χ4v) is 2.31. The summed E-state index contributed by atoms with van der Waals surface area (Å²) in [6.45, 7) is 0. The van der Waals surface area contributed by atoms with Crippen molar-refractivity contribution in [2.45, 2.75) is 6.04 Å². The van der Waals surface area contributed by atoms with Gasteiger partial charge in [-0.3, -0.25) is 0 Å². The smallest absolute Gasteiger partial charge is 0.167 e. The largest absolute Gasteiger partial charge is 0.409 e. The first-order chi connectivity index (χ1) is 7.33. The fraction of sp³-hybridized carbons (Fsp3) is 0.100. The maximum Gasteiger partial charge on any atom is 0.167 e. The van der Waals surface area contributed by atoms with E-state index in [1.54, 1.807) is 11.3 Å². The average Bonchev–Trinajstić information content (AvgIpc) is 2.90. The number of oxime groups is 1.